The predicted octanol–water partition coefficient (Wildman–Crippen LogP) is 2.24. The molecule has 108 valence electrons. The van der Waals surface area contributed by atoms with Crippen LogP contribution in [0.25, 0.3) is 0 Å². The summed E-state index contributed by atoms with van der Waals surface area (Å²) in [5.41, 5.74) is 2.55. The van der Waals surface area contributed by atoms with Gasteiger partial charge in [0.2, 0.25) is 0 Å². The van der Waals surface area contributed by atoms with Crippen LogP contribution in [0.3, 0.4) is 0 Å². The zero-order valence-corrected chi connectivity index (χ0v) is 11.1. The largest absolute Gasteiger partial charge is 0.504 e. The zero-order chi connectivity index (χ0) is 15.0. The Labute approximate surface area is 120 Å². The summed E-state index contributed by atoms with van der Waals surface area (Å²) in [5.74, 6) is -0.332. The fraction of sp³-hybridized carbons (Fsp3) is 0.200. The van der Waals surface area contributed by atoms with Gasteiger partial charge in [-0.15, -0.1) is 0 Å². The second-order valence-electron chi connectivity index (χ2n) is 5.03. The molecule has 0 bridgehead atoms. The van der Waals surface area contributed by atoms with Crippen LogP contribution in [0.1, 0.15) is 22.7 Å². The van der Waals surface area contributed by atoms with E-state index in [1.54, 1.807) is 12.1 Å². The molecular formula is C15H14N2O4. The Balaban J connectivity index is 2.08. The van der Waals surface area contributed by atoms with E-state index in [1.807, 2.05) is 6.07 Å². The highest BCUT2D eigenvalue weighted by molar-refractivity contribution is 5.51. The Morgan fingerprint density at radius 2 is 1.95 bits per heavy atom. The second kappa shape index (κ2) is 5.06. The van der Waals surface area contributed by atoms with E-state index in [-0.39, 0.29) is 23.2 Å². The van der Waals surface area contributed by atoms with Gasteiger partial charge in [-0.05, 0) is 35.2 Å². The molecule has 2 aromatic rings. The number of nitro groups is 1. The van der Waals surface area contributed by atoms with E-state index < -0.39 is 4.92 Å². The molecule has 1 atom stereocenters. The molecular weight excluding hydrogens is 272 g/mol. The van der Waals surface area contributed by atoms with Crippen molar-refractivity contribution in [3.8, 4) is 11.5 Å². The molecule has 0 radical (unpaired) electrons. The molecule has 0 fully saturated rings. The average molecular weight is 286 g/mol. The van der Waals surface area contributed by atoms with E-state index in [1.165, 1.54) is 18.2 Å². The lowest BCUT2D eigenvalue weighted by Crippen LogP contribution is -2.30. The lowest BCUT2D eigenvalue weighted by atomic mass is 9.89. The first-order chi connectivity index (χ1) is 10.1. The van der Waals surface area contributed by atoms with Crippen LogP contribution in [0.4, 0.5) is 5.69 Å². The first kappa shape index (κ1) is 13.4. The topological polar surface area (TPSA) is 95.6 Å². The number of non-ortho nitro benzene ring substituents is 1. The zero-order valence-electron chi connectivity index (χ0n) is 11.1. The van der Waals surface area contributed by atoms with Crippen LogP contribution in [-0.2, 0) is 6.42 Å². The fourth-order valence-electron chi connectivity index (χ4n) is 2.70. The summed E-state index contributed by atoms with van der Waals surface area (Å²) < 4.78 is 0. The van der Waals surface area contributed by atoms with Crippen molar-refractivity contribution in [3.05, 3.63) is 63.2 Å². The third-order valence-corrected chi connectivity index (χ3v) is 3.70. The molecule has 3 rings (SSSR count). The summed E-state index contributed by atoms with van der Waals surface area (Å²) >= 11 is 0. The quantitative estimate of drug-likeness (QED) is 0.447. The molecule has 3 N–H and O–H groups in total. The monoisotopic (exact) mass is 286 g/mol. The van der Waals surface area contributed by atoms with Crippen molar-refractivity contribution in [2.24, 2.45) is 0 Å². The van der Waals surface area contributed by atoms with E-state index in [0.717, 1.165) is 23.1 Å². The molecule has 0 saturated carbocycles. The van der Waals surface area contributed by atoms with Crippen LogP contribution in [0, 0.1) is 10.1 Å². The number of fused-ring (bicyclic) bond motifs is 1. The summed E-state index contributed by atoms with van der Waals surface area (Å²) in [7, 11) is 0. The summed E-state index contributed by atoms with van der Waals surface area (Å²) in [5, 5.41) is 33.5. The van der Waals surface area contributed by atoms with Crippen molar-refractivity contribution in [2.45, 2.75) is 12.5 Å². The molecule has 2 aromatic carbocycles. The maximum atomic E-state index is 10.9. The van der Waals surface area contributed by atoms with Gasteiger partial charge in [-0.2, -0.15) is 0 Å². The Bertz CT molecular complexity index is 715. The van der Waals surface area contributed by atoms with Gasteiger partial charge in [-0.25, -0.2) is 0 Å². The fourth-order valence-corrected chi connectivity index (χ4v) is 2.70. The molecule has 6 heteroatoms. The summed E-state index contributed by atoms with van der Waals surface area (Å²) in [6.07, 6.45) is 0.731. The van der Waals surface area contributed by atoms with Gasteiger partial charge in [-0.1, -0.05) is 12.1 Å². The number of rotatable bonds is 2. The summed E-state index contributed by atoms with van der Waals surface area (Å²) in [6.45, 7) is 0.699. The number of nitrogens with zero attached hydrogens (tertiary/aromatic N) is 1. The minimum atomic E-state index is -0.429. The standard InChI is InChI=1S/C15H14N2O4/c18-13-7-9-4-5-16-15(12(9)8-14(13)19)10-2-1-3-11(6-10)17(20)21/h1-3,6-8,15-16,18-19H,4-5H2/t15-/m1/s1. The number of nitrogens with one attached hydrogen (secondary N) is 1. The van der Waals surface area contributed by atoms with Crippen molar-refractivity contribution in [3.63, 3.8) is 0 Å². The van der Waals surface area contributed by atoms with E-state index in [4.69, 9.17) is 0 Å². The number of aromatic hydroxyl groups is 2. The molecule has 0 spiro atoms. The Morgan fingerprint density at radius 1 is 1.19 bits per heavy atom. The highest BCUT2D eigenvalue weighted by atomic mass is 16.6. The van der Waals surface area contributed by atoms with Crippen molar-refractivity contribution < 1.29 is 15.1 Å². The van der Waals surface area contributed by atoms with Gasteiger partial charge >= 0.3 is 0 Å². The molecule has 0 amide bonds. The third-order valence-electron chi connectivity index (χ3n) is 3.70. The highest BCUT2D eigenvalue weighted by Gasteiger charge is 2.24. The van der Waals surface area contributed by atoms with Gasteiger partial charge in [0.25, 0.3) is 5.69 Å². The Kier molecular flexibility index (Phi) is 3.23. The molecule has 0 aliphatic carbocycles. The summed E-state index contributed by atoms with van der Waals surface area (Å²) in [4.78, 5) is 10.5. The number of phenolic OH excluding ortho intramolecular Hbond substituents is 2. The molecule has 1 aliphatic rings. The number of hydrogen-bond acceptors (Lipinski definition) is 5. The van der Waals surface area contributed by atoms with E-state index >= 15 is 0 Å². The molecule has 1 heterocycles. The Hall–Kier alpha value is -2.60. The van der Waals surface area contributed by atoms with E-state index in [9.17, 15) is 20.3 Å². The van der Waals surface area contributed by atoms with Crippen LogP contribution in [0.15, 0.2) is 36.4 Å². The molecule has 21 heavy (non-hydrogen) atoms. The normalized spacial score (nSPS) is 17.2. The van der Waals surface area contributed by atoms with Gasteiger partial charge < -0.3 is 15.5 Å². The van der Waals surface area contributed by atoms with Crippen molar-refractivity contribution in [1.29, 1.82) is 0 Å². The molecule has 1 aliphatic heterocycles. The first-order valence-corrected chi connectivity index (χ1v) is 6.59. The predicted molar refractivity (Wildman–Crippen MR) is 76.4 cm³/mol. The van der Waals surface area contributed by atoms with E-state index in [0.29, 0.717) is 6.54 Å². The summed E-state index contributed by atoms with van der Waals surface area (Å²) in [6, 6.07) is 9.25. The van der Waals surface area contributed by atoms with E-state index in [2.05, 4.69) is 5.32 Å². The Morgan fingerprint density at radius 3 is 2.71 bits per heavy atom. The molecule has 0 aromatic heterocycles. The highest BCUT2D eigenvalue weighted by Crippen LogP contribution is 2.36. The van der Waals surface area contributed by atoms with Crippen LogP contribution < -0.4 is 5.32 Å². The maximum Gasteiger partial charge on any atom is 0.269 e. The van der Waals surface area contributed by atoms with Crippen LogP contribution in [0.2, 0.25) is 0 Å². The third kappa shape index (κ3) is 2.41. The number of hydrogen-bond donors (Lipinski definition) is 3. The molecule has 0 saturated heterocycles. The second-order valence-corrected chi connectivity index (χ2v) is 5.03. The van der Waals surface area contributed by atoms with Crippen molar-refractivity contribution >= 4 is 5.69 Å². The number of nitro benzene ring substituents is 1. The smallest absolute Gasteiger partial charge is 0.269 e. The van der Waals surface area contributed by atoms with Crippen LogP contribution in [-0.4, -0.2) is 21.7 Å². The minimum Gasteiger partial charge on any atom is -0.504 e. The van der Waals surface area contributed by atoms with Gasteiger partial charge in [0, 0.05) is 18.7 Å². The van der Waals surface area contributed by atoms with Gasteiger partial charge in [0.15, 0.2) is 11.5 Å². The first-order valence-electron chi connectivity index (χ1n) is 6.59. The van der Waals surface area contributed by atoms with Gasteiger partial charge in [-0.3, -0.25) is 10.1 Å². The number of benzene rings is 2. The minimum absolute atomic E-state index is 0.0319. The van der Waals surface area contributed by atoms with Gasteiger partial charge in [0.05, 0.1) is 11.0 Å². The lowest BCUT2D eigenvalue weighted by molar-refractivity contribution is -0.384. The average Bonchev–Trinajstić information content (AvgIpc) is 2.48. The van der Waals surface area contributed by atoms with Crippen LogP contribution in [0.5, 0.6) is 11.5 Å². The number of phenols is 2. The van der Waals surface area contributed by atoms with Crippen molar-refractivity contribution in [2.75, 3.05) is 6.54 Å². The van der Waals surface area contributed by atoms with Gasteiger partial charge in [0.1, 0.15) is 0 Å². The molecule has 0 unspecified atom stereocenters. The van der Waals surface area contributed by atoms with Crippen molar-refractivity contribution in [1.82, 2.24) is 5.32 Å². The lowest BCUT2D eigenvalue weighted by Gasteiger charge is -2.27. The molecule has 6 nitrogen and oxygen atoms in total. The SMILES string of the molecule is O=[N+]([O-])c1cccc([C@H]2NCCc3cc(O)c(O)cc32)c1. The maximum absolute atomic E-state index is 10.9. The van der Waals surface area contributed by atoms with Crippen LogP contribution >= 0.6 is 0 Å².